The minimum absolute atomic E-state index is 0.0577. The monoisotopic (exact) mass is 647 g/mol. The number of alkyl carbamates (subject to hydrolysis) is 1. The van der Waals surface area contributed by atoms with Gasteiger partial charge in [-0.15, -0.1) is 0 Å². The van der Waals surface area contributed by atoms with E-state index in [9.17, 15) is 19.2 Å². The number of pyridine rings is 1. The van der Waals surface area contributed by atoms with Gasteiger partial charge in [0.2, 0.25) is 0 Å². The van der Waals surface area contributed by atoms with E-state index in [1.165, 1.54) is 6.20 Å². The Balaban J connectivity index is 3.01. The molecule has 10 nitrogen and oxygen atoms in total. The van der Waals surface area contributed by atoms with E-state index in [1.807, 2.05) is 0 Å². The molecule has 1 rings (SSSR count). The third-order valence-electron chi connectivity index (χ3n) is 4.62. The van der Waals surface area contributed by atoms with Crippen LogP contribution < -0.4 is 10.6 Å². The molecule has 1 heterocycles. The van der Waals surface area contributed by atoms with Crippen LogP contribution in [0.3, 0.4) is 0 Å². The second kappa shape index (κ2) is 14.1. The fourth-order valence-electron chi connectivity index (χ4n) is 3.23. The quantitative estimate of drug-likeness (QED) is 0.161. The Kier molecular flexibility index (Phi) is 12.5. The fourth-order valence-corrected chi connectivity index (χ4v) is 3.72. The lowest BCUT2D eigenvalue weighted by atomic mass is 9.94. The molecule has 0 saturated carbocycles. The van der Waals surface area contributed by atoms with Crippen molar-refractivity contribution in [3.05, 3.63) is 27.6 Å². The standard InChI is InChI=1S/C27H42IN3O7/c1-25(2,3)36-22(33)17(11-10-12-30-21(32)18-13-19(28)16-29-15-18)14-20(23(34)37-26(4,5)6)31-24(35)38-27(7,8)9/h13,15-17,20H,10-12,14H2,1-9H3,(H,30,32)(H,31,35)/t17-,20-/m0/s1. The normalized spacial score (nSPS) is 13.6. The second-order valence-corrected chi connectivity index (χ2v) is 13.2. The summed E-state index contributed by atoms with van der Waals surface area (Å²) in [7, 11) is 0. The lowest BCUT2D eigenvalue weighted by Gasteiger charge is -2.29. The minimum atomic E-state index is -1.14. The van der Waals surface area contributed by atoms with Gasteiger partial charge in [-0.1, -0.05) is 0 Å². The highest BCUT2D eigenvalue weighted by atomic mass is 127. The maximum Gasteiger partial charge on any atom is 0.408 e. The maximum atomic E-state index is 13.1. The Morgan fingerprint density at radius 3 is 1.95 bits per heavy atom. The highest BCUT2D eigenvalue weighted by Crippen LogP contribution is 2.22. The van der Waals surface area contributed by atoms with Gasteiger partial charge in [-0.2, -0.15) is 0 Å². The number of carbonyl (C=O) groups is 4. The Morgan fingerprint density at radius 2 is 1.42 bits per heavy atom. The SMILES string of the molecule is CC(C)(C)OC(=O)N[C@@H](C[C@H](CCCNC(=O)c1cncc(I)c1)C(=O)OC(C)(C)C)C(=O)OC(C)(C)C. The van der Waals surface area contributed by atoms with E-state index >= 15 is 0 Å². The van der Waals surface area contributed by atoms with Crippen LogP contribution in [0.4, 0.5) is 4.79 Å². The number of halogens is 1. The first-order valence-electron chi connectivity index (χ1n) is 12.6. The molecule has 2 atom stereocenters. The summed E-state index contributed by atoms with van der Waals surface area (Å²) in [4.78, 5) is 55.0. The Morgan fingerprint density at radius 1 is 0.868 bits per heavy atom. The topological polar surface area (TPSA) is 133 Å². The first-order chi connectivity index (χ1) is 17.3. The molecule has 0 aliphatic rings. The molecule has 11 heteroatoms. The number of amides is 2. The van der Waals surface area contributed by atoms with Crippen LogP contribution in [0.1, 0.15) is 91.9 Å². The van der Waals surface area contributed by atoms with Crippen molar-refractivity contribution in [3.8, 4) is 0 Å². The summed E-state index contributed by atoms with van der Waals surface area (Å²) < 4.78 is 17.3. The molecule has 0 spiro atoms. The largest absolute Gasteiger partial charge is 0.460 e. The predicted octanol–water partition coefficient (Wildman–Crippen LogP) is 4.78. The second-order valence-electron chi connectivity index (χ2n) is 12.0. The van der Waals surface area contributed by atoms with Crippen molar-refractivity contribution in [2.24, 2.45) is 5.92 Å². The molecule has 0 aromatic carbocycles. The molecule has 0 aliphatic heterocycles. The summed E-state index contributed by atoms with van der Waals surface area (Å²) in [5.41, 5.74) is -1.90. The first kappa shape index (κ1) is 33.6. The van der Waals surface area contributed by atoms with Crippen molar-refractivity contribution >= 4 is 46.5 Å². The first-order valence-corrected chi connectivity index (χ1v) is 13.7. The van der Waals surface area contributed by atoms with Gasteiger partial charge in [-0.3, -0.25) is 14.6 Å². The third kappa shape index (κ3) is 14.5. The number of aromatic nitrogens is 1. The molecule has 1 aromatic rings. The molecule has 1 aromatic heterocycles. The highest BCUT2D eigenvalue weighted by molar-refractivity contribution is 14.1. The van der Waals surface area contributed by atoms with E-state index in [0.717, 1.165) is 3.57 Å². The zero-order valence-corrected chi connectivity index (χ0v) is 26.1. The van der Waals surface area contributed by atoms with E-state index in [1.54, 1.807) is 74.6 Å². The van der Waals surface area contributed by atoms with Crippen LogP contribution in [0.15, 0.2) is 18.5 Å². The summed E-state index contributed by atoms with van der Waals surface area (Å²) in [6.45, 7) is 15.8. The van der Waals surface area contributed by atoms with Gasteiger partial charge in [-0.05, 0) is 110 Å². The average Bonchev–Trinajstić information content (AvgIpc) is 2.71. The fraction of sp³-hybridized carbons (Fsp3) is 0.667. The lowest BCUT2D eigenvalue weighted by Crippen LogP contribution is -2.47. The number of esters is 2. The highest BCUT2D eigenvalue weighted by Gasteiger charge is 2.34. The number of hydrogen-bond acceptors (Lipinski definition) is 8. The molecule has 0 saturated heterocycles. The maximum absolute atomic E-state index is 13.1. The number of nitrogens with zero attached hydrogens (tertiary/aromatic N) is 1. The summed E-state index contributed by atoms with van der Waals surface area (Å²) >= 11 is 2.08. The van der Waals surface area contributed by atoms with Crippen LogP contribution in [0.25, 0.3) is 0 Å². The zero-order chi connectivity index (χ0) is 29.3. The molecule has 0 aliphatic carbocycles. The smallest absolute Gasteiger partial charge is 0.408 e. The van der Waals surface area contributed by atoms with Crippen molar-refractivity contribution in [2.45, 2.75) is 104 Å². The Hall–Kier alpha value is -2.44. The molecule has 2 N–H and O–H groups in total. The van der Waals surface area contributed by atoms with Crippen LogP contribution in [0, 0.1) is 9.49 Å². The van der Waals surface area contributed by atoms with Gasteiger partial charge in [0.1, 0.15) is 22.8 Å². The molecule has 38 heavy (non-hydrogen) atoms. The van der Waals surface area contributed by atoms with Crippen molar-refractivity contribution in [2.75, 3.05) is 6.54 Å². The summed E-state index contributed by atoms with van der Waals surface area (Å²) in [6.07, 6.45) is 3.01. The summed E-state index contributed by atoms with van der Waals surface area (Å²) in [5.74, 6) is -2.22. The van der Waals surface area contributed by atoms with Crippen LogP contribution >= 0.6 is 22.6 Å². The van der Waals surface area contributed by atoms with Gasteiger partial charge in [-0.25, -0.2) is 9.59 Å². The molecule has 0 radical (unpaired) electrons. The Labute approximate surface area is 239 Å². The predicted molar refractivity (Wildman–Crippen MR) is 151 cm³/mol. The van der Waals surface area contributed by atoms with Gasteiger partial charge in [0.25, 0.3) is 5.91 Å². The van der Waals surface area contributed by atoms with Crippen molar-refractivity contribution in [1.82, 2.24) is 15.6 Å². The van der Waals surface area contributed by atoms with Crippen LogP contribution in [-0.2, 0) is 23.8 Å². The summed E-state index contributed by atoms with van der Waals surface area (Å²) in [6, 6.07) is 0.578. The molecule has 214 valence electrons. The van der Waals surface area contributed by atoms with E-state index < -0.39 is 46.8 Å². The Bertz CT molecular complexity index is 978. The van der Waals surface area contributed by atoms with Crippen LogP contribution in [-0.4, -0.2) is 58.3 Å². The van der Waals surface area contributed by atoms with E-state index in [0.29, 0.717) is 24.9 Å². The van der Waals surface area contributed by atoms with Crippen molar-refractivity contribution < 1.29 is 33.4 Å². The van der Waals surface area contributed by atoms with E-state index in [4.69, 9.17) is 14.2 Å². The number of ether oxygens (including phenoxy) is 3. The number of nitrogens with one attached hydrogen (secondary N) is 2. The number of rotatable bonds is 10. The molecule has 2 amide bonds. The van der Waals surface area contributed by atoms with Crippen molar-refractivity contribution in [3.63, 3.8) is 0 Å². The van der Waals surface area contributed by atoms with Crippen molar-refractivity contribution in [1.29, 1.82) is 0 Å². The molecular weight excluding hydrogens is 605 g/mol. The van der Waals surface area contributed by atoms with Gasteiger partial charge >= 0.3 is 18.0 Å². The average molecular weight is 648 g/mol. The molecular formula is C27H42IN3O7. The van der Waals surface area contributed by atoms with E-state index in [-0.39, 0.29) is 12.3 Å². The molecule has 0 fully saturated rings. The van der Waals surface area contributed by atoms with Gasteiger partial charge in [0, 0.05) is 22.5 Å². The van der Waals surface area contributed by atoms with Gasteiger partial charge in [0.15, 0.2) is 0 Å². The molecule has 0 bridgehead atoms. The minimum Gasteiger partial charge on any atom is -0.460 e. The summed E-state index contributed by atoms with van der Waals surface area (Å²) in [5, 5.41) is 5.38. The van der Waals surface area contributed by atoms with E-state index in [2.05, 4.69) is 38.2 Å². The number of carbonyl (C=O) groups excluding carboxylic acids is 4. The van der Waals surface area contributed by atoms with Crippen LogP contribution in [0.5, 0.6) is 0 Å². The number of hydrogen-bond donors (Lipinski definition) is 2. The molecule has 0 unspecified atom stereocenters. The zero-order valence-electron chi connectivity index (χ0n) is 23.9. The van der Waals surface area contributed by atoms with Gasteiger partial charge < -0.3 is 24.8 Å². The van der Waals surface area contributed by atoms with Crippen LogP contribution in [0.2, 0.25) is 0 Å². The third-order valence-corrected chi connectivity index (χ3v) is 5.21. The lowest BCUT2D eigenvalue weighted by molar-refractivity contribution is -0.163. The van der Waals surface area contributed by atoms with Gasteiger partial charge in [0.05, 0.1) is 11.5 Å².